The van der Waals surface area contributed by atoms with Crippen molar-refractivity contribution in [2.24, 2.45) is 0 Å². The quantitative estimate of drug-likeness (QED) is 0.276. The minimum atomic E-state index is -0.333. The molecule has 0 fully saturated rings. The molecule has 0 amide bonds. The zero-order valence-corrected chi connectivity index (χ0v) is 17.0. The molecule has 7 nitrogen and oxygen atoms in total. The zero-order valence-electron chi connectivity index (χ0n) is 16.2. The summed E-state index contributed by atoms with van der Waals surface area (Å²) in [6.07, 6.45) is 2.04. The summed E-state index contributed by atoms with van der Waals surface area (Å²) in [5.74, 6) is 0. The molecular formula is C20H23N5O2S. The van der Waals surface area contributed by atoms with Crippen LogP contribution in [0, 0.1) is 10.1 Å². The first-order valence-corrected chi connectivity index (χ1v) is 10.7. The topological polar surface area (TPSA) is 76.2 Å². The van der Waals surface area contributed by atoms with Crippen molar-refractivity contribution in [2.45, 2.75) is 25.3 Å². The molecule has 1 aliphatic rings. The van der Waals surface area contributed by atoms with E-state index in [1.807, 2.05) is 29.1 Å². The Morgan fingerprint density at radius 1 is 1.25 bits per heavy atom. The Morgan fingerprint density at radius 3 is 2.71 bits per heavy atom. The van der Waals surface area contributed by atoms with Crippen LogP contribution in [0.2, 0.25) is 0 Å². The van der Waals surface area contributed by atoms with Gasteiger partial charge in [-0.05, 0) is 43.6 Å². The van der Waals surface area contributed by atoms with Crippen LogP contribution in [0.5, 0.6) is 0 Å². The van der Waals surface area contributed by atoms with Crippen molar-refractivity contribution in [2.75, 3.05) is 31.2 Å². The van der Waals surface area contributed by atoms with E-state index in [0.717, 1.165) is 58.9 Å². The van der Waals surface area contributed by atoms with Gasteiger partial charge >= 0.3 is 0 Å². The summed E-state index contributed by atoms with van der Waals surface area (Å²) >= 11 is 1.67. The van der Waals surface area contributed by atoms with E-state index in [9.17, 15) is 10.1 Å². The second-order valence-corrected chi connectivity index (χ2v) is 7.63. The van der Waals surface area contributed by atoms with Gasteiger partial charge in [0.05, 0.1) is 22.4 Å². The van der Waals surface area contributed by atoms with E-state index in [4.69, 9.17) is 5.10 Å². The summed E-state index contributed by atoms with van der Waals surface area (Å²) in [5, 5.41) is 20.6. The van der Waals surface area contributed by atoms with E-state index in [-0.39, 0.29) is 10.6 Å². The maximum atomic E-state index is 11.6. The first kappa shape index (κ1) is 18.8. The van der Waals surface area contributed by atoms with E-state index in [1.54, 1.807) is 17.8 Å². The Hall–Kier alpha value is -2.58. The van der Waals surface area contributed by atoms with Crippen LogP contribution >= 0.6 is 11.8 Å². The fourth-order valence-electron chi connectivity index (χ4n) is 3.76. The second-order valence-electron chi connectivity index (χ2n) is 6.75. The van der Waals surface area contributed by atoms with Crippen molar-refractivity contribution in [3.63, 3.8) is 0 Å². The SMILES string of the molecule is CCN(CC)CCn1nc2c3c(c([N+](=O)[O-])ccc31)Nc1ccc(SC)cc1-2. The molecule has 0 saturated carbocycles. The standard InChI is InChI=1S/C20H23N5O2S/c1-4-23(5-2)10-11-24-16-8-9-17(25(26)27)20-18(16)19(22-24)14-12-13(28-3)6-7-15(14)21-20/h6-9,12,21H,4-5,10-11H2,1-3H3. The number of likely N-dealkylation sites (N-methyl/N-ethyl adjacent to an activating group) is 1. The molecule has 2 heterocycles. The van der Waals surface area contributed by atoms with E-state index in [2.05, 4.69) is 30.1 Å². The number of hydrogen-bond donors (Lipinski definition) is 1. The molecule has 3 aromatic rings. The van der Waals surface area contributed by atoms with Gasteiger partial charge in [0, 0.05) is 28.8 Å². The van der Waals surface area contributed by atoms with Crippen molar-refractivity contribution < 1.29 is 4.92 Å². The largest absolute Gasteiger partial charge is 0.349 e. The van der Waals surface area contributed by atoms with Crippen molar-refractivity contribution >= 4 is 39.7 Å². The van der Waals surface area contributed by atoms with Gasteiger partial charge in [-0.2, -0.15) is 5.10 Å². The number of fused-ring (bicyclic) bond motifs is 2. The Balaban J connectivity index is 1.90. The summed E-state index contributed by atoms with van der Waals surface area (Å²) in [6, 6.07) is 9.49. The van der Waals surface area contributed by atoms with Gasteiger partial charge in [-0.15, -0.1) is 11.8 Å². The molecule has 28 heavy (non-hydrogen) atoms. The van der Waals surface area contributed by atoms with Crippen LogP contribution in [0.25, 0.3) is 22.2 Å². The third-order valence-corrected chi connectivity index (χ3v) is 6.08. The first-order valence-electron chi connectivity index (χ1n) is 9.43. The highest BCUT2D eigenvalue weighted by molar-refractivity contribution is 7.98. The summed E-state index contributed by atoms with van der Waals surface area (Å²) in [7, 11) is 0. The highest BCUT2D eigenvalue weighted by Gasteiger charge is 2.29. The predicted octanol–water partition coefficient (Wildman–Crippen LogP) is 4.73. The van der Waals surface area contributed by atoms with Gasteiger partial charge in [0.2, 0.25) is 0 Å². The summed E-state index contributed by atoms with van der Waals surface area (Å²) in [4.78, 5) is 14.8. The lowest BCUT2D eigenvalue weighted by Crippen LogP contribution is -2.27. The minimum Gasteiger partial charge on any atom is -0.349 e. The average Bonchev–Trinajstić information content (AvgIpc) is 3.08. The first-order chi connectivity index (χ1) is 13.6. The van der Waals surface area contributed by atoms with Gasteiger partial charge in [0.1, 0.15) is 11.4 Å². The number of rotatable bonds is 7. The van der Waals surface area contributed by atoms with Crippen molar-refractivity contribution in [3.05, 3.63) is 40.4 Å². The third kappa shape index (κ3) is 3.02. The highest BCUT2D eigenvalue weighted by Crippen LogP contribution is 2.47. The number of nitro benzene ring substituents is 1. The number of thioether (sulfide) groups is 1. The van der Waals surface area contributed by atoms with Crippen LogP contribution in [0.3, 0.4) is 0 Å². The van der Waals surface area contributed by atoms with Gasteiger partial charge < -0.3 is 10.2 Å². The van der Waals surface area contributed by atoms with E-state index in [1.165, 1.54) is 0 Å². The number of nitrogens with zero attached hydrogens (tertiary/aromatic N) is 4. The van der Waals surface area contributed by atoms with Crippen molar-refractivity contribution in [3.8, 4) is 11.3 Å². The molecule has 0 radical (unpaired) electrons. The molecule has 1 N–H and O–H groups in total. The second kappa shape index (κ2) is 7.44. The fraction of sp³-hybridized carbons (Fsp3) is 0.350. The number of anilines is 2. The summed E-state index contributed by atoms with van der Waals surface area (Å²) in [6.45, 7) is 7.90. The maximum absolute atomic E-state index is 11.6. The number of benzene rings is 2. The van der Waals surface area contributed by atoms with E-state index < -0.39 is 0 Å². The summed E-state index contributed by atoms with van der Waals surface area (Å²) < 4.78 is 1.98. The number of hydrogen-bond acceptors (Lipinski definition) is 6. The molecule has 0 saturated heterocycles. The Labute approximate surface area is 167 Å². The lowest BCUT2D eigenvalue weighted by molar-refractivity contribution is -0.383. The molecule has 0 aliphatic carbocycles. The Morgan fingerprint density at radius 2 is 2.04 bits per heavy atom. The molecule has 1 aliphatic heterocycles. The number of nitrogens with one attached hydrogen (secondary N) is 1. The zero-order chi connectivity index (χ0) is 19.8. The molecule has 1 aromatic heterocycles. The number of nitro groups is 1. The highest BCUT2D eigenvalue weighted by atomic mass is 32.2. The van der Waals surface area contributed by atoms with Gasteiger partial charge in [-0.3, -0.25) is 14.8 Å². The van der Waals surface area contributed by atoms with Crippen LogP contribution < -0.4 is 5.32 Å². The lowest BCUT2D eigenvalue weighted by Gasteiger charge is -2.18. The van der Waals surface area contributed by atoms with Crippen LogP contribution in [0.4, 0.5) is 17.1 Å². The van der Waals surface area contributed by atoms with Crippen LogP contribution in [-0.4, -0.2) is 45.5 Å². The van der Waals surface area contributed by atoms with Crippen molar-refractivity contribution in [1.29, 1.82) is 0 Å². The normalized spacial score (nSPS) is 12.3. The average molecular weight is 398 g/mol. The van der Waals surface area contributed by atoms with Gasteiger partial charge in [0.25, 0.3) is 5.69 Å². The van der Waals surface area contributed by atoms with Crippen LogP contribution in [0.1, 0.15) is 13.8 Å². The third-order valence-electron chi connectivity index (χ3n) is 5.36. The fourth-order valence-corrected chi connectivity index (χ4v) is 4.20. The maximum Gasteiger partial charge on any atom is 0.293 e. The Kier molecular flexibility index (Phi) is 4.99. The lowest BCUT2D eigenvalue weighted by atomic mass is 9.99. The van der Waals surface area contributed by atoms with E-state index in [0.29, 0.717) is 5.69 Å². The molecule has 0 bridgehead atoms. The van der Waals surface area contributed by atoms with Crippen molar-refractivity contribution in [1.82, 2.24) is 14.7 Å². The summed E-state index contributed by atoms with van der Waals surface area (Å²) in [5.41, 5.74) is 4.21. The van der Waals surface area contributed by atoms with Gasteiger partial charge in [-0.1, -0.05) is 13.8 Å². The van der Waals surface area contributed by atoms with Gasteiger partial charge in [-0.25, -0.2) is 0 Å². The van der Waals surface area contributed by atoms with Gasteiger partial charge in [0.15, 0.2) is 0 Å². The van der Waals surface area contributed by atoms with E-state index >= 15 is 0 Å². The predicted molar refractivity (Wildman–Crippen MR) is 115 cm³/mol. The molecule has 0 spiro atoms. The number of aromatic nitrogens is 2. The molecule has 2 aromatic carbocycles. The molecule has 4 rings (SSSR count). The molecule has 8 heteroatoms. The minimum absolute atomic E-state index is 0.0802. The molecular weight excluding hydrogens is 374 g/mol. The molecule has 0 unspecified atom stereocenters. The monoisotopic (exact) mass is 397 g/mol. The smallest absolute Gasteiger partial charge is 0.293 e. The van der Waals surface area contributed by atoms with Crippen LogP contribution in [0.15, 0.2) is 35.2 Å². The molecule has 0 atom stereocenters. The Bertz CT molecular complexity index is 1060. The molecule has 146 valence electrons. The van der Waals surface area contributed by atoms with Crippen LogP contribution in [-0.2, 0) is 6.54 Å².